The van der Waals surface area contributed by atoms with E-state index in [1.165, 1.54) is 4.90 Å². The van der Waals surface area contributed by atoms with Gasteiger partial charge in [-0.05, 0) is 34.5 Å². The minimum absolute atomic E-state index is 0.267. The van der Waals surface area contributed by atoms with Crippen LogP contribution in [0.3, 0.4) is 0 Å². The molecule has 0 spiro atoms. The Bertz CT molecular complexity index is 543. The SMILES string of the molecule is Cn1ccnc1CCC(CSc1ccccc1Br)NN. The molecule has 0 aliphatic rings. The molecule has 0 radical (unpaired) electrons. The summed E-state index contributed by atoms with van der Waals surface area (Å²) in [6.07, 6.45) is 5.69. The third-order valence-electron chi connectivity index (χ3n) is 3.15. The largest absolute Gasteiger partial charge is 0.338 e. The van der Waals surface area contributed by atoms with Crippen molar-refractivity contribution in [2.24, 2.45) is 12.9 Å². The monoisotopic (exact) mass is 354 g/mol. The number of rotatable bonds is 7. The third-order valence-corrected chi connectivity index (χ3v) is 5.34. The number of aromatic nitrogens is 2. The molecule has 4 nitrogen and oxygen atoms in total. The number of aryl methyl sites for hydroxylation is 2. The number of thioether (sulfide) groups is 1. The van der Waals surface area contributed by atoms with Crippen molar-refractivity contribution in [1.29, 1.82) is 0 Å². The molecule has 0 saturated heterocycles. The van der Waals surface area contributed by atoms with Crippen molar-refractivity contribution in [3.05, 3.63) is 47.0 Å². The van der Waals surface area contributed by atoms with E-state index < -0.39 is 0 Å². The second-order valence-corrected chi connectivity index (χ2v) is 6.51. The average molecular weight is 355 g/mol. The molecule has 0 aliphatic heterocycles. The molecule has 0 bridgehead atoms. The standard InChI is InChI=1S/C14H19BrN4S/c1-19-9-8-17-14(19)7-6-11(18-16)10-20-13-5-3-2-4-12(13)15/h2-5,8-9,11,18H,6-7,10,16H2,1H3. The Morgan fingerprint density at radius 2 is 2.25 bits per heavy atom. The van der Waals surface area contributed by atoms with E-state index >= 15 is 0 Å². The Morgan fingerprint density at radius 1 is 1.45 bits per heavy atom. The minimum Gasteiger partial charge on any atom is -0.338 e. The van der Waals surface area contributed by atoms with Gasteiger partial charge in [-0.25, -0.2) is 4.98 Å². The lowest BCUT2D eigenvalue weighted by Crippen LogP contribution is -2.37. The smallest absolute Gasteiger partial charge is 0.108 e. The summed E-state index contributed by atoms with van der Waals surface area (Å²) >= 11 is 5.37. The summed E-state index contributed by atoms with van der Waals surface area (Å²) in [6, 6.07) is 8.51. The first-order valence-corrected chi connectivity index (χ1v) is 8.28. The Morgan fingerprint density at radius 3 is 2.90 bits per heavy atom. The van der Waals surface area contributed by atoms with Gasteiger partial charge in [-0.15, -0.1) is 11.8 Å². The summed E-state index contributed by atoms with van der Waals surface area (Å²) < 4.78 is 3.18. The first-order valence-electron chi connectivity index (χ1n) is 6.50. The molecule has 2 aromatic rings. The zero-order valence-electron chi connectivity index (χ0n) is 11.4. The molecule has 1 unspecified atom stereocenters. The highest BCUT2D eigenvalue weighted by Crippen LogP contribution is 2.27. The van der Waals surface area contributed by atoms with Crippen LogP contribution in [0, 0.1) is 0 Å². The Labute approximate surface area is 132 Å². The van der Waals surface area contributed by atoms with Crippen molar-refractivity contribution >= 4 is 27.7 Å². The normalized spacial score (nSPS) is 12.6. The molecule has 20 heavy (non-hydrogen) atoms. The van der Waals surface area contributed by atoms with Gasteiger partial charge in [0.1, 0.15) is 5.82 Å². The zero-order chi connectivity index (χ0) is 14.4. The van der Waals surface area contributed by atoms with E-state index in [0.29, 0.717) is 0 Å². The van der Waals surface area contributed by atoms with Gasteiger partial charge in [0.25, 0.3) is 0 Å². The predicted molar refractivity (Wildman–Crippen MR) is 87.5 cm³/mol. The van der Waals surface area contributed by atoms with E-state index in [-0.39, 0.29) is 6.04 Å². The minimum atomic E-state index is 0.267. The first-order chi connectivity index (χ1) is 9.70. The van der Waals surface area contributed by atoms with Crippen LogP contribution in [-0.4, -0.2) is 21.3 Å². The molecule has 2 rings (SSSR count). The van der Waals surface area contributed by atoms with Crippen LogP contribution in [0.15, 0.2) is 46.0 Å². The molecule has 3 N–H and O–H groups in total. The lowest BCUT2D eigenvalue weighted by Gasteiger charge is -2.15. The average Bonchev–Trinajstić information content (AvgIpc) is 2.86. The number of hydrogen-bond donors (Lipinski definition) is 2. The van der Waals surface area contributed by atoms with E-state index in [1.807, 2.05) is 31.6 Å². The number of imidazole rings is 1. The molecule has 6 heteroatoms. The van der Waals surface area contributed by atoms with Crippen LogP contribution in [0.25, 0.3) is 0 Å². The maximum Gasteiger partial charge on any atom is 0.108 e. The highest BCUT2D eigenvalue weighted by Gasteiger charge is 2.10. The van der Waals surface area contributed by atoms with E-state index in [9.17, 15) is 0 Å². The molecule has 0 amide bonds. The van der Waals surface area contributed by atoms with Gasteiger partial charge in [-0.3, -0.25) is 11.3 Å². The molecule has 1 aromatic heterocycles. The van der Waals surface area contributed by atoms with Gasteiger partial charge < -0.3 is 4.57 Å². The Hall–Kier alpha value is -0.820. The van der Waals surface area contributed by atoms with Crippen molar-refractivity contribution in [3.8, 4) is 0 Å². The van der Waals surface area contributed by atoms with Crippen LogP contribution < -0.4 is 11.3 Å². The van der Waals surface area contributed by atoms with Crippen LogP contribution in [0.1, 0.15) is 12.2 Å². The maximum atomic E-state index is 5.65. The second-order valence-electron chi connectivity index (χ2n) is 4.60. The number of nitrogens with two attached hydrogens (primary N) is 1. The van der Waals surface area contributed by atoms with Gasteiger partial charge in [0.15, 0.2) is 0 Å². The lowest BCUT2D eigenvalue weighted by molar-refractivity contribution is 0.528. The summed E-state index contributed by atoms with van der Waals surface area (Å²) in [5.41, 5.74) is 2.90. The molecule has 1 atom stereocenters. The van der Waals surface area contributed by atoms with E-state index in [2.05, 4.69) is 43.0 Å². The van der Waals surface area contributed by atoms with Crippen LogP contribution in [0.4, 0.5) is 0 Å². The molecule has 0 saturated carbocycles. The van der Waals surface area contributed by atoms with Crippen molar-refractivity contribution < 1.29 is 0 Å². The van der Waals surface area contributed by atoms with Crippen LogP contribution in [0.5, 0.6) is 0 Å². The van der Waals surface area contributed by atoms with E-state index in [4.69, 9.17) is 5.84 Å². The maximum absolute atomic E-state index is 5.65. The summed E-state index contributed by atoms with van der Waals surface area (Å²) in [5.74, 6) is 7.68. The summed E-state index contributed by atoms with van der Waals surface area (Å²) in [4.78, 5) is 5.58. The second kappa shape index (κ2) is 7.83. The molecule has 0 fully saturated rings. The number of hydrogen-bond acceptors (Lipinski definition) is 4. The number of hydrazine groups is 1. The van der Waals surface area contributed by atoms with Crippen molar-refractivity contribution in [2.75, 3.05) is 5.75 Å². The molecular weight excluding hydrogens is 336 g/mol. The van der Waals surface area contributed by atoms with Crippen LogP contribution >= 0.6 is 27.7 Å². The van der Waals surface area contributed by atoms with Gasteiger partial charge in [0, 0.05) is 47.0 Å². The number of halogens is 1. The Balaban J connectivity index is 1.84. The van der Waals surface area contributed by atoms with Crippen molar-refractivity contribution in [2.45, 2.75) is 23.8 Å². The first kappa shape index (κ1) is 15.6. The number of benzene rings is 1. The summed E-state index contributed by atoms with van der Waals surface area (Å²) in [7, 11) is 2.02. The van der Waals surface area contributed by atoms with Crippen LogP contribution in [0.2, 0.25) is 0 Å². The predicted octanol–water partition coefficient (Wildman–Crippen LogP) is 2.74. The molecule has 0 aliphatic carbocycles. The molecular formula is C14H19BrN4S. The fourth-order valence-corrected chi connectivity index (χ4v) is 3.56. The van der Waals surface area contributed by atoms with E-state index in [0.717, 1.165) is 28.9 Å². The van der Waals surface area contributed by atoms with Gasteiger partial charge in [0.05, 0.1) is 0 Å². The van der Waals surface area contributed by atoms with Gasteiger partial charge in [0.2, 0.25) is 0 Å². The quantitative estimate of drug-likeness (QED) is 0.456. The number of nitrogens with one attached hydrogen (secondary N) is 1. The molecule has 1 aromatic carbocycles. The Kier molecular flexibility index (Phi) is 6.09. The van der Waals surface area contributed by atoms with Gasteiger partial charge in [-0.1, -0.05) is 12.1 Å². The van der Waals surface area contributed by atoms with Crippen molar-refractivity contribution in [1.82, 2.24) is 15.0 Å². The van der Waals surface area contributed by atoms with Crippen molar-refractivity contribution in [3.63, 3.8) is 0 Å². The van der Waals surface area contributed by atoms with Gasteiger partial charge in [-0.2, -0.15) is 0 Å². The van der Waals surface area contributed by atoms with Crippen LogP contribution in [-0.2, 0) is 13.5 Å². The highest BCUT2D eigenvalue weighted by atomic mass is 79.9. The molecule has 108 valence electrons. The lowest BCUT2D eigenvalue weighted by atomic mass is 10.2. The van der Waals surface area contributed by atoms with E-state index in [1.54, 1.807) is 11.8 Å². The fraction of sp³-hybridized carbons (Fsp3) is 0.357. The summed E-state index contributed by atoms with van der Waals surface area (Å²) in [5, 5.41) is 0. The van der Waals surface area contributed by atoms with Gasteiger partial charge >= 0.3 is 0 Å². The highest BCUT2D eigenvalue weighted by molar-refractivity contribution is 9.10. The third kappa shape index (κ3) is 4.34. The topological polar surface area (TPSA) is 55.9 Å². The summed E-state index contributed by atoms with van der Waals surface area (Å²) in [6.45, 7) is 0. The fourth-order valence-electron chi connectivity index (χ4n) is 1.91. The number of nitrogens with zero attached hydrogens (tertiary/aromatic N) is 2. The molecule has 1 heterocycles. The zero-order valence-corrected chi connectivity index (χ0v) is 13.8.